The maximum absolute atomic E-state index is 12.2. The highest BCUT2D eigenvalue weighted by Crippen LogP contribution is 2.40. The molecule has 1 aliphatic heterocycles. The minimum atomic E-state index is -0.197. The normalized spacial score (nSPS) is 15.6. The van der Waals surface area contributed by atoms with Gasteiger partial charge >= 0.3 is 0 Å². The first-order valence-corrected chi connectivity index (χ1v) is 7.27. The molecule has 0 radical (unpaired) electrons. The molecule has 6 nitrogen and oxygen atoms in total. The summed E-state index contributed by atoms with van der Waals surface area (Å²) >= 11 is 0. The lowest BCUT2D eigenvalue weighted by atomic mass is 10.0. The van der Waals surface area contributed by atoms with Crippen molar-refractivity contribution in [3.05, 3.63) is 66.6 Å². The van der Waals surface area contributed by atoms with Gasteiger partial charge in [-0.2, -0.15) is 0 Å². The van der Waals surface area contributed by atoms with Crippen molar-refractivity contribution in [3.63, 3.8) is 0 Å². The van der Waals surface area contributed by atoms with Gasteiger partial charge in [0.25, 0.3) is 0 Å². The molecular formula is C17H13N5O. The molecule has 1 unspecified atom stereocenters. The van der Waals surface area contributed by atoms with E-state index in [1.54, 1.807) is 24.9 Å². The number of benzene rings is 1. The maximum atomic E-state index is 12.2. The molecule has 112 valence electrons. The van der Waals surface area contributed by atoms with Crippen LogP contribution in [0.3, 0.4) is 0 Å². The van der Waals surface area contributed by atoms with Crippen molar-refractivity contribution in [2.24, 2.45) is 4.99 Å². The van der Waals surface area contributed by atoms with E-state index in [9.17, 15) is 4.79 Å². The van der Waals surface area contributed by atoms with Gasteiger partial charge in [-0.05, 0) is 5.56 Å². The first kappa shape index (κ1) is 13.5. The van der Waals surface area contributed by atoms with Gasteiger partial charge in [0.15, 0.2) is 0 Å². The Labute approximate surface area is 132 Å². The van der Waals surface area contributed by atoms with E-state index in [-0.39, 0.29) is 18.4 Å². The van der Waals surface area contributed by atoms with E-state index in [4.69, 9.17) is 0 Å². The third-order valence-electron chi connectivity index (χ3n) is 3.89. The molecule has 0 saturated carbocycles. The van der Waals surface area contributed by atoms with Crippen LogP contribution < -0.4 is 0 Å². The van der Waals surface area contributed by atoms with Crippen LogP contribution in [-0.4, -0.2) is 31.6 Å². The molecule has 3 aromatic rings. The fourth-order valence-corrected chi connectivity index (χ4v) is 2.87. The first-order valence-electron chi connectivity index (χ1n) is 7.27. The molecule has 1 aromatic carbocycles. The molecule has 0 fully saturated rings. The third-order valence-corrected chi connectivity index (χ3v) is 3.89. The van der Waals surface area contributed by atoms with Crippen LogP contribution in [0.2, 0.25) is 0 Å². The summed E-state index contributed by atoms with van der Waals surface area (Å²) in [5, 5.41) is 0. The number of nitrogens with zero attached hydrogens (tertiary/aromatic N) is 5. The first-order chi connectivity index (χ1) is 11.3. The van der Waals surface area contributed by atoms with Crippen LogP contribution in [0.4, 0.5) is 0 Å². The van der Waals surface area contributed by atoms with E-state index in [0.717, 1.165) is 16.8 Å². The lowest BCUT2D eigenvalue weighted by Gasteiger charge is -2.12. The Kier molecular flexibility index (Phi) is 3.27. The molecule has 1 aliphatic rings. The van der Waals surface area contributed by atoms with Crippen LogP contribution in [0.1, 0.15) is 23.7 Å². The van der Waals surface area contributed by atoms with Crippen LogP contribution >= 0.6 is 0 Å². The van der Waals surface area contributed by atoms with Gasteiger partial charge in [0.2, 0.25) is 5.91 Å². The number of carbonyl (C=O) groups is 1. The second-order valence-corrected chi connectivity index (χ2v) is 5.28. The van der Waals surface area contributed by atoms with Crippen LogP contribution in [-0.2, 0) is 4.79 Å². The number of hydrogen-bond donors (Lipinski definition) is 0. The van der Waals surface area contributed by atoms with E-state index in [2.05, 4.69) is 26.0 Å². The Morgan fingerprint density at radius 2 is 2.13 bits per heavy atom. The second kappa shape index (κ2) is 5.57. The number of aliphatic imine (C=N–C) groups is 1. The van der Waals surface area contributed by atoms with Crippen LogP contribution in [0.15, 0.2) is 60.4 Å². The van der Waals surface area contributed by atoms with Crippen LogP contribution in [0.5, 0.6) is 0 Å². The smallest absolute Gasteiger partial charge is 0.248 e. The SMILES string of the molecule is O=C(CC1c2ccccc2-c2cncn21)N=Cc1cnccn1. The average Bonchev–Trinajstić information content (AvgIpc) is 3.17. The van der Waals surface area contributed by atoms with Crippen molar-refractivity contribution in [1.29, 1.82) is 0 Å². The van der Waals surface area contributed by atoms with Gasteiger partial charge in [-0.15, -0.1) is 0 Å². The van der Waals surface area contributed by atoms with Gasteiger partial charge in [0, 0.05) is 18.0 Å². The largest absolute Gasteiger partial charge is 0.322 e. The predicted molar refractivity (Wildman–Crippen MR) is 85.1 cm³/mol. The molecule has 0 N–H and O–H groups in total. The molecule has 0 bridgehead atoms. The number of hydrogen-bond acceptors (Lipinski definition) is 4. The van der Waals surface area contributed by atoms with Gasteiger partial charge in [0.05, 0.1) is 48.8 Å². The molecule has 2 aromatic heterocycles. The number of carbonyl (C=O) groups excluding carboxylic acids is 1. The number of aromatic nitrogens is 4. The number of rotatable bonds is 3. The summed E-state index contributed by atoms with van der Waals surface area (Å²) in [4.78, 5) is 28.4. The summed E-state index contributed by atoms with van der Waals surface area (Å²) in [6.07, 6.45) is 10.0. The number of amides is 1. The molecule has 23 heavy (non-hydrogen) atoms. The molecule has 0 saturated heterocycles. The van der Waals surface area contributed by atoms with Crippen molar-refractivity contribution >= 4 is 12.1 Å². The Morgan fingerprint density at radius 1 is 1.22 bits per heavy atom. The zero-order chi connectivity index (χ0) is 15.6. The summed E-state index contributed by atoms with van der Waals surface area (Å²) in [7, 11) is 0. The van der Waals surface area contributed by atoms with Gasteiger partial charge in [-0.25, -0.2) is 9.98 Å². The Morgan fingerprint density at radius 3 is 3.00 bits per heavy atom. The molecule has 4 rings (SSSR count). The van der Waals surface area contributed by atoms with E-state index in [1.165, 1.54) is 6.21 Å². The molecule has 6 heteroatoms. The molecule has 0 aliphatic carbocycles. The molecule has 1 atom stereocenters. The zero-order valence-electron chi connectivity index (χ0n) is 12.2. The number of imidazole rings is 1. The predicted octanol–water partition coefficient (Wildman–Crippen LogP) is 2.28. The minimum Gasteiger partial charge on any atom is -0.322 e. The monoisotopic (exact) mass is 303 g/mol. The molecule has 1 amide bonds. The van der Waals surface area contributed by atoms with Gasteiger partial charge in [-0.1, -0.05) is 24.3 Å². The lowest BCUT2D eigenvalue weighted by molar-refractivity contribution is -0.118. The Balaban J connectivity index is 1.58. The zero-order valence-corrected chi connectivity index (χ0v) is 12.2. The topological polar surface area (TPSA) is 73.0 Å². The van der Waals surface area contributed by atoms with Crippen molar-refractivity contribution in [3.8, 4) is 11.3 Å². The average molecular weight is 303 g/mol. The fraction of sp³-hybridized carbons (Fsp3) is 0.118. The lowest BCUT2D eigenvalue weighted by Crippen LogP contribution is -2.10. The molecule has 0 spiro atoms. The quantitative estimate of drug-likeness (QED) is 0.696. The van der Waals surface area contributed by atoms with Gasteiger partial charge in [-0.3, -0.25) is 14.8 Å². The summed E-state index contributed by atoms with van der Waals surface area (Å²) in [6, 6.07) is 8.02. The summed E-state index contributed by atoms with van der Waals surface area (Å²) in [5.41, 5.74) is 3.86. The maximum Gasteiger partial charge on any atom is 0.248 e. The van der Waals surface area contributed by atoms with Crippen LogP contribution in [0, 0.1) is 0 Å². The van der Waals surface area contributed by atoms with E-state index < -0.39 is 0 Å². The van der Waals surface area contributed by atoms with Crippen LogP contribution in [0.25, 0.3) is 11.3 Å². The Bertz CT molecular complexity index is 885. The minimum absolute atomic E-state index is 0.0600. The summed E-state index contributed by atoms with van der Waals surface area (Å²) < 4.78 is 2.03. The highest BCUT2D eigenvalue weighted by atomic mass is 16.1. The second-order valence-electron chi connectivity index (χ2n) is 5.28. The highest BCUT2D eigenvalue weighted by Gasteiger charge is 2.29. The van der Waals surface area contributed by atoms with E-state index in [0.29, 0.717) is 5.69 Å². The Hall–Kier alpha value is -3.15. The standard InChI is InChI=1S/C17H13N5O/c23-17(21-9-12-8-18-5-6-20-12)7-15-13-3-1-2-4-14(13)16-10-19-11-22(15)16/h1-6,8-11,15H,7H2. The van der Waals surface area contributed by atoms with Crippen molar-refractivity contribution < 1.29 is 4.79 Å². The van der Waals surface area contributed by atoms with Crippen molar-refractivity contribution in [2.45, 2.75) is 12.5 Å². The van der Waals surface area contributed by atoms with E-state index >= 15 is 0 Å². The molecular weight excluding hydrogens is 290 g/mol. The van der Waals surface area contributed by atoms with Crippen molar-refractivity contribution in [2.75, 3.05) is 0 Å². The van der Waals surface area contributed by atoms with Gasteiger partial charge in [0.1, 0.15) is 0 Å². The van der Waals surface area contributed by atoms with Crippen molar-refractivity contribution in [1.82, 2.24) is 19.5 Å². The van der Waals surface area contributed by atoms with E-state index in [1.807, 2.05) is 29.0 Å². The number of fused-ring (bicyclic) bond motifs is 3. The highest BCUT2D eigenvalue weighted by molar-refractivity contribution is 5.91. The fourth-order valence-electron chi connectivity index (χ4n) is 2.87. The summed E-state index contributed by atoms with van der Waals surface area (Å²) in [5.74, 6) is -0.197. The third kappa shape index (κ3) is 2.44. The van der Waals surface area contributed by atoms with Gasteiger partial charge < -0.3 is 4.57 Å². The summed E-state index contributed by atoms with van der Waals surface area (Å²) in [6.45, 7) is 0. The molecule has 3 heterocycles.